The molecule has 2 amide bonds. The first-order valence-corrected chi connectivity index (χ1v) is 10.2. The molecule has 0 fully saturated rings. The molecule has 2 N–H and O–H groups in total. The van der Waals surface area contributed by atoms with Gasteiger partial charge in [0.25, 0.3) is 11.8 Å². The van der Waals surface area contributed by atoms with E-state index in [1.807, 2.05) is 0 Å². The number of para-hydroxylation sites is 1. The van der Waals surface area contributed by atoms with Gasteiger partial charge in [0, 0.05) is 12.1 Å². The van der Waals surface area contributed by atoms with Crippen molar-refractivity contribution in [3.63, 3.8) is 0 Å². The first kappa shape index (κ1) is 22.2. The molecular formula is C24H30N2O3. The molecule has 0 aromatic heterocycles. The lowest BCUT2D eigenvalue weighted by atomic mass is 10.1. The van der Waals surface area contributed by atoms with E-state index in [1.54, 1.807) is 54.6 Å². The fourth-order valence-electron chi connectivity index (χ4n) is 2.84. The fraction of sp³-hybridized carbons (Fsp3) is 0.333. The summed E-state index contributed by atoms with van der Waals surface area (Å²) in [6.45, 7) is 6.83. The van der Waals surface area contributed by atoms with Gasteiger partial charge in [-0.1, -0.05) is 50.8 Å². The lowest BCUT2D eigenvalue weighted by molar-refractivity contribution is 0.0959. The van der Waals surface area contributed by atoms with Crippen LogP contribution in [0.4, 0.5) is 5.69 Å². The van der Waals surface area contributed by atoms with E-state index in [0.717, 1.165) is 12.2 Å². The molecule has 2 aromatic rings. The van der Waals surface area contributed by atoms with Crippen LogP contribution in [0.3, 0.4) is 0 Å². The van der Waals surface area contributed by atoms with Crippen molar-refractivity contribution >= 4 is 17.5 Å². The predicted octanol–water partition coefficient (Wildman–Crippen LogP) is 5.20. The van der Waals surface area contributed by atoms with Crippen molar-refractivity contribution in [2.75, 3.05) is 18.5 Å². The Morgan fingerprint density at radius 1 is 0.966 bits per heavy atom. The zero-order chi connectivity index (χ0) is 20.9. The summed E-state index contributed by atoms with van der Waals surface area (Å²) in [6, 6.07) is 13.9. The summed E-state index contributed by atoms with van der Waals surface area (Å²) in [4.78, 5) is 24.8. The van der Waals surface area contributed by atoms with E-state index in [4.69, 9.17) is 4.74 Å². The van der Waals surface area contributed by atoms with E-state index in [2.05, 4.69) is 24.1 Å². The molecule has 0 bridgehead atoms. The largest absolute Gasteiger partial charge is 0.494 e. The summed E-state index contributed by atoms with van der Waals surface area (Å²) in [7, 11) is 0. The highest BCUT2D eigenvalue weighted by Gasteiger charge is 2.13. The molecule has 0 aliphatic rings. The van der Waals surface area contributed by atoms with Crippen molar-refractivity contribution in [3.8, 4) is 5.75 Å². The highest BCUT2D eigenvalue weighted by molar-refractivity contribution is 6.09. The summed E-state index contributed by atoms with van der Waals surface area (Å²) in [5.41, 5.74) is 1.37. The van der Waals surface area contributed by atoms with Crippen LogP contribution in [0.2, 0.25) is 0 Å². The topological polar surface area (TPSA) is 67.4 Å². The summed E-state index contributed by atoms with van der Waals surface area (Å²) < 4.78 is 5.73. The third-order valence-corrected chi connectivity index (χ3v) is 4.46. The van der Waals surface area contributed by atoms with Gasteiger partial charge in [0.15, 0.2) is 0 Å². The van der Waals surface area contributed by atoms with E-state index < -0.39 is 0 Å². The molecule has 29 heavy (non-hydrogen) atoms. The van der Waals surface area contributed by atoms with Crippen molar-refractivity contribution in [1.82, 2.24) is 5.32 Å². The van der Waals surface area contributed by atoms with Gasteiger partial charge in [-0.05, 0) is 42.8 Å². The van der Waals surface area contributed by atoms with Crippen LogP contribution in [-0.2, 0) is 0 Å². The van der Waals surface area contributed by atoms with Crippen molar-refractivity contribution in [1.29, 1.82) is 0 Å². The quantitative estimate of drug-likeness (QED) is 0.384. The molecule has 0 spiro atoms. The maximum absolute atomic E-state index is 12.6. The van der Waals surface area contributed by atoms with E-state index in [9.17, 15) is 9.59 Å². The van der Waals surface area contributed by atoms with Crippen LogP contribution in [0.25, 0.3) is 0 Å². The third kappa shape index (κ3) is 7.45. The number of benzene rings is 2. The zero-order valence-corrected chi connectivity index (χ0v) is 17.1. The standard InChI is InChI=1S/C24H30N2O3/c1-3-5-6-7-10-18-29-20-15-13-19(14-16-20)23(27)26-22-12-9-8-11-21(22)24(28)25-17-4-2/h4,8-9,11-16H,2-3,5-7,10,17-18H2,1H3,(H,25,28)(H,26,27). The number of hydrogen-bond donors (Lipinski definition) is 2. The average Bonchev–Trinajstić information content (AvgIpc) is 2.75. The normalized spacial score (nSPS) is 10.2. The van der Waals surface area contributed by atoms with Gasteiger partial charge >= 0.3 is 0 Å². The number of ether oxygens (including phenoxy) is 1. The minimum Gasteiger partial charge on any atom is -0.494 e. The number of rotatable bonds is 12. The smallest absolute Gasteiger partial charge is 0.255 e. The molecule has 5 heteroatoms. The molecule has 0 unspecified atom stereocenters. The predicted molar refractivity (Wildman–Crippen MR) is 118 cm³/mol. The average molecular weight is 395 g/mol. The lowest BCUT2D eigenvalue weighted by Crippen LogP contribution is -2.25. The monoisotopic (exact) mass is 394 g/mol. The molecule has 5 nitrogen and oxygen atoms in total. The van der Waals surface area contributed by atoms with Crippen molar-refractivity contribution < 1.29 is 14.3 Å². The minimum atomic E-state index is -0.278. The molecule has 0 aliphatic heterocycles. The molecule has 0 radical (unpaired) electrons. The van der Waals surface area contributed by atoms with Crippen molar-refractivity contribution in [3.05, 3.63) is 72.3 Å². The molecule has 2 rings (SSSR count). The molecular weight excluding hydrogens is 364 g/mol. The number of anilines is 1. The number of amides is 2. The van der Waals surface area contributed by atoms with Gasteiger partial charge in [0.05, 0.1) is 17.9 Å². The van der Waals surface area contributed by atoms with Crippen LogP contribution < -0.4 is 15.4 Å². The second-order valence-electron chi connectivity index (χ2n) is 6.79. The Morgan fingerprint density at radius 3 is 2.41 bits per heavy atom. The molecule has 154 valence electrons. The molecule has 0 saturated carbocycles. The first-order valence-electron chi connectivity index (χ1n) is 10.2. The Labute approximate surface area is 173 Å². The number of carbonyl (C=O) groups is 2. The van der Waals surface area contributed by atoms with Gasteiger partial charge in [-0.15, -0.1) is 6.58 Å². The number of nitrogens with one attached hydrogen (secondary N) is 2. The third-order valence-electron chi connectivity index (χ3n) is 4.46. The number of hydrogen-bond acceptors (Lipinski definition) is 3. The van der Waals surface area contributed by atoms with Gasteiger partial charge < -0.3 is 15.4 Å². The second kappa shape index (κ2) is 12.4. The Hall–Kier alpha value is -3.08. The molecule has 2 aromatic carbocycles. The second-order valence-corrected chi connectivity index (χ2v) is 6.79. The van der Waals surface area contributed by atoms with Gasteiger partial charge in [0.2, 0.25) is 0 Å². The Morgan fingerprint density at radius 2 is 1.69 bits per heavy atom. The fourth-order valence-corrected chi connectivity index (χ4v) is 2.84. The molecule has 0 atom stereocenters. The minimum absolute atomic E-state index is 0.261. The van der Waals surface area contributed by atoms with E-state index in [1.165, 1.54) is 25.7 Å². The van der Waals surface area contributed by atoms with Gasteiger partial charge in [-0.3, -0.25) is 9.59 Å². The molecule has 0 heterocycles. The summed E-state index contributed by atoms with van der Waals surface area (Å²) in [6.07, 6.45) is 7.55. The van der Waals surface area contributed by atoms with Crippen LogP contribution >= 0.6 is 0 Å². The van der Waals surface area contributed by atoms with Gasteiger partial charge in [-0.2, -0.15) is 0 Å². The maximum atomic E-state index is 12.6. The number of unbranched alkanes of at least 4 members (excludes halogenated alkanes) is 4. The summed E-state index contributed by atoms with van der Waals surface area (Å²) >= 11 is 0. The van der Waals surface area contributed by atoms with Gasteiger partial charge in [0.1, 0.15) is 5.75 Å². The molecule has 0 saturated heterocycles. The van der Waals surface area contributed by atoms with Gasteiger partial charge in [-0.25, -0.2) is 0 Å². The Bertz CT molecular complexity index is 800. The van der Waals surface area contributed by atoms with E-state index in [0.29, 0.717) is 30.0 Å². The van der Waals surface area contributed by atoms with Crippen LogP contribution in [0.15, 0.2) is 61.2 Å². The van der Waals surface area contributed by atoms with Crippen LogP contribution in [0.1, 0.15) is 59.7 Å². The number of carbonyl (C=O) groups excluding carboxylic acids is 2. The maximum Gasteiger partial charge on any atom is 0.255 e. The zero-order valence-electron chi connectivity index (χ0n) is 17.1. The summed E-state index contributed by atoms with van der Waals surface area (Å²) in [5.74, 6) is 0.213. The van der Waals surface area contributed by atoms with E-state index >= 15 is 0 Å². The molecule has 0 aliphatic carbocycles. The van der Waals surface area contributed by atoms with Crippen LogP contribution in [0.5, 0.6) is 5.75 Å². The lowest BCUT2D eigenvalue weighted by Gasteiger charge is -2.11. The highest BCUT2D eigenvalue weighted by Crippen LogP contribution is 2.18. The highest BCUT2D eigenvalue weighted by atomic mass is 16.5. The van der Waals surface area contributed by atoms with Crippen molar-refractivity contribution in [2.45, 2.75) is 39.0 Å². The SMILES string of the molecule is C=CCNC(=O)c1ccccc1NC(=O)c1ccc(OCCCCCCC)cc1. The Kier molecular flexibility index (Phi) is 9.49. The van der Waals surface area contributed by atoms with E-state index in [-0.39, 0.29) is 11.8 Å². The van der Waals surface area contributed by atoms with Crippen LogP contribution in [0, 0.1) is 0 Å². The summed E-state index contributed by atoms with van der Waals surface area (Å²) in [5, 5.41) is 5.53. The van der Waals surface area contributed by atoms with Crippen LogP contribution in [-0.4, -0.2) is 25.0 Å². The van der Waals surface area contributed by atoms with Crippen molar-refractivity contribution in [2.24, 2.45) is 0 Å². The Balaban J connectivity index is 1.91. The first-order chi connectivity index (χ1) is 14.2.